The van der Waals surface area contributed by atoms with E-state index in [2.05, 4.69) is 15.5 Å². The molecule has 8 heteroatoms. The normalized spacial score (nSPS) is 17.5. The lowest BCUT2D eigenvalue weighted by molar-refractivity contribution is 0.0802. The molecule has 6 nitrogen and oxygen atoms in total. The van der Waals surface area contributed by atoms with Crippen molar-refractivity contribution in [3.05, 3.63) is 64.4 Å². The molecule has 2 aromatic rings. The van der Waals surface area contributed by atoms with Crippen LogP contribution in [0.1, 0.15) is 35.7 Å². The van der Waals surface area contributed by atoms with Crippen LogP contribution in [-0.4, -0.2) is 42.1 Å². The standard InChI is InChI=1S/C22H24ClFN4O2/c1-2-28-19-13-16(23)6-7-18(19)20(29)26-22(28)8-10-27(11-9-22)21(30)25-14-15-4-3-5-17(24)12-15/h3-7,12-13H,2,8-11,14H2,1H3,(H,25,30)(H,26,29). The Kier molecular flexibility index (Phi) is 5.56. The third-order valence-electron chi connectivity index (χ3n) is 5.88. The Morgan fingerprint density at radius 2 is 2.00 bits per heavy atom. The molecule has 0 aliphatic carbocycles. The van der Waals surface area contributed by atoms with E-state index in [-0.39, 0.29) is 24.3 Å². The molecule has 30 heavy (non-hydrogen) atoms. The van der Waals surface area contributed by atoms with Gasteiger partial charge in [0.05, 0.1) is 11.3 Å². The summed E-state index contributed by atoms with van der Waals surface area (Å²) in [5.74, 6) is -0.440. The molecule has 0 saturated carbocycles. The number of carbonyl (C=O) groups is 2. The molecule has 2 heterocycles. The van der Waals surface area contributed by atoms with Gasteiger partial charge in [0, 0.05) is 44.0 Å². The number of amides is 3. The summed E-state index contributed by atoms with van der Waals surface area (Å²) in [4.78, 5) is 29.2. The summed E-state index contributed by atoms with van der Waals surface area (Å²) in [6.45, 7) is 4.02. The first-order valence-electron chi connectivity index (χ1n) is 10.1. The molecule has 2 aromatic carbocycles. The van der Waals surface area contributed by atoms with E-state index in [9.17, 15) is 14.0 Å². The molecule has 0 aromatic heterocycles. The average molecular weight is 431 g/mol. The van der Waals surface area contributed by atoms with Gasteiger partial charge < -0.3 is 20.4 Å². The molecule has 2 N–H and O–H groups in total. The predicted molar refractivity (Wildman–Crippen MR) is 114 cm³/mol. The maximum absolute atomic E-state index is 13.3. The van der Waals surface area contributed by atoms with Crippen molar-refractivity contribution >= 4 is 29.2 Å². The minimum absolute atomic E-state index is 0.115. The van der Waals surface area contributed by atoms with Gasteiger partial charge in [-0.3, -0.25) is 4.79 Å². The second-order valence-corrected chi connectivity index (χ2v) is 8.10. The van der Waals surface area contributed by atoms with Crippen LogP contribution in [0.3, 0.4) is 0 Å². The van der Waals surface area contributed by atoms with Crippen molar-refractivity contribution in [3.8, 4) is 0 Å². The molecule has 0 radical (unpaired) electrons. The number of nitrogens with one attached hydrogen (secondary N) is 2. The summed E-state index contributed by atoms with van der Waals surface area (Å²) < 4.78 is 13.3. The number of likely N-dealkylation sites (tertiary alicyclic amines) is 1. The summed E-state index contributed by atoms with van der Waals surface area (Å²) in [6.07, 6.45) is 1.21. The first kappa shape index (κ1) is 20.5. The molecule has 0 unspecified atom stereocenters. The van der Waals surface area contributed by atoms with E-state index in [0.29, 0.717) is 48.6 Å². The fourth-order valence-corrected chi connectivity index (χ4v) is 4.55. The topological polar surface area (TPSA) is 64.7 Å². The number of fused-ring (bicyclic) bond motifs is 1. The van der Waals surface area contributed by atoms with Gasteiger partial charge in [0.2, 0.25) is 0 Å². The lowest BCUT2D eigenvalue weighted by Gasteiger charge is -2.52. The second kappa shape index (κ2) is 8.14. The molecule has 0 bridgehead atoms. The molecule has 4 rings (SSSR count). The number of anilines is 1. The first-order chi connectivity index (χ1) is 14.4. The van der Waals surface area contributed by atoms with Gasteiger partial charge in [-0.05, 0) is 42.8 Å². The van der Waals surface area contributed by atoms with Crippen LogP contribution in [-0.2, 0) is 6.54 Å². The van der Waals surface area contributed by atoms with Crippen molar-refractivity contribution in [1.82, 2.24) is 15.5 Å². The number of hydrogen-bond acceptors (Lipinski definition) is 3. The van der Waals surface area contributed by atoms with Gasteiger partial charge in [-0.2, -0.15) is 0 Å². The number of rotatable bonds is 3. The van der Waals surface area contributed by atoms with E-state index in [1.54, 1.807) is 29.2 Å². The van der Waals surface area contributed by atoms with Crippen LogP contribution in [0, 0.1) is 5.82 Å². The van der Waals surface area contributed by atoms with Gasteiger partial charge in [0.25, 0.3) is 5.91 Å². The molecule has 2 aliphatic rings. The molecule has 1 fully saturated rings. The second-order valence-electron chi connectivity index (χ2n) is 7.67. The molecule has 0 atom stereocenters. The Morgan fingerprint density at radius 1 is 1.23 bits per heavy atom. The number of benzene rings is 2. The maximum Gasteiger partial charge on any atom is 0.317 e. The van der Waals surface area contributed by atoms with Gasteiger partial charge >= 0.3 is 6.03 Å². The van der Waals surface area contributed by atoms with Crippen LogP contribution in [0.2, 0.25) is 5.02 Å². The Morgan fingerprint density at radius 3 is 2.70 bits per heavy atom. The summed E-state index contributed by atoms with van der Waals surface area (Å²) >= 11 is 6.19. The Hall–Kier alpha value is -2.80. The number of halogens is 2. The van der Waals surface area contributed by atoms with Crippen molar-refractivity contribution in [3.63, 3.8) is 0 Å². The Labute approximate surface area is 180 Å². The van der Waals surface area contributed by atoms with E-state index in [0.717, 1.165) is 5.69 Å². The minimum atomic E-state index is -0.539. The van der Waals surface area contributed by atoms with Crippen LogP contribution in [0.25, 0.3) is 0 Å². The van der Waals surface area contributed by atoms with Crippen molar-refractivity contribution in [1.29, 1.82) is 0 Å². The quantitative estimate of drug-likeness (QED) is 0.779. The fourth-order valence-electron chi connectivity index (χ4n) is 4.38. The summed E-state index contributed by atoms with van der Waals surface area (Å²) in [5, 5.41) is 6.61. The molecule has 2 aliphatic heterocycles. The molecule has 158 valence electrons. The highest BCUT2D eigenvalue weighted by Gasteiger charge is 2.45. The van der Waals surface area contributed by atoms with E-state index in [1.807, 2.05) is 13.0 Å². The van der Waals surface area contributed by atoms with Crippen LogP contribution < -0.4 is 15.5 Å². The third kappa shape index (κ3) is 3.81. The van der Waals surface area contributed by atoms with E-state index in [1.165, 1.54) is 12.1 Å². The smallest absolute Gasteiger partial charge is 0.317 e. The first-order valence-corrected chi connectivity index (χ1v) is 10.5. The number of hydrogen-bond donors (Lipinski definition) is 2. The predicted octanol–water partition coefficient (Wildman–Crippen LogP) is 3.75. The number of carbonyl (C=O) groups excluding carboxylic acids is 2. The van der Waals surface area contributed by atoms with Crippen molar-refractivity contribution < 1.29 is 14.0 Å². The summed E-state index contributed by atoms with van der Waals surface area (Å²) in [6, 6.07) is 11.3. The summed E-state index contributed by atoms with van der Waals surface area (Å²) in [5.41, 5.74) is 1.62. The van der Waals surface area contributed by atoms with Crippen molar-refractivity contribution in [2.24, 2.45) is 0 Å². The lowest BCUT2D eigenvalue weighted by Crippen LogP contribution is -2.68. The highest BCUT2D eigenvalue weighted by molar-refractivity contribution is 6.31. The molecular formula is C22H24ClFN4O2. The van der Waals surface area contributed by atoms with Gasteiger partial charge in [-0.25, -0.2) is 9.18 Å². The third-order valence-corrected chi connectivity index (χ3v) is 6.12. The molecule has 1 spiro atoms. The van der Waals surface area contributed by atoms with E-state index in [4.69, 9.17) is 11.6 Å². The average Bonchev–Trinajstić information content (AvgIpc) is 2.73. The van der Waals surface area contributed by atoms with Crippen LogP contribution in [0.15, 0.2) is 42.5 Å². The number of urea groups is 1. The molecule has 1 saturated heterocycles. The van der Waals surface area contributed by atoms with Crippen molar-refractivity contribution in [2.45, 2.75) is 32.0 Å². The zero-order valence-corrected chi connectivity index (χ0v) is 17.5. The van der Waals surface area contributed by atoms with Crippen molar-refractivity contribution in [2.75, 3.05) is 24.5 Å². The largest absolute Gasteiger partial charge is 0.348 e. The monoisotopic (exact) mass is 430 g/mol. The fraction of sp³-hybridized carbons (Fsp3) is 0.364. The SMILES string of the molecule is CCN1c2cc(Cl)ccc2C(=O)NC12CCN(C(=O)NCc1cccc(F)c1)CC2. The van der Waals surface area contributed by atoms with Crippen LogP contribution in [0.5, 0.6) is 0 Å². The van der Waals surface area contributed by atoms with Gasteiger partial charge in [0.15, 0.2) is 0 Å². The lowest BCUT2D eigenvalue weighted by atomic mass is 9.90. The summed E-state index contributed by atoms with van der Waals surface area (Å²) in [7, 11) is 0. The molecular weight excluding hydrogens is 407 g/mol. The van der Waals surface area contributed by atoms with E-state index >= 15 is 0 Å². The maximum atomic E-state index is 13.3. The van der Waals surface area contributed by atoms with E-state index < -0.39 is 5.66 Å². The number of piperidine rings is 1. The number of nitrogens with zero attached hydrogens (tertiary/aromatic N) is 2. The Balaban J connectivity index is 1.44. The highest BCUT2D eigenvalue weighted by atomic mass is 35.5. The zero-order chi connectivity index (χ0) is 21.3. The van der Waals surface area contributed by atoms with Crippen LogP contribution >= 0.6 is 11.6 Å². The molecule has 3 amide bonds. The Bertz CT molecular complexity index is 975. The van der Waals surface area contributed by atoms with Gasteiger partial charge in [0.1, 0.15) is 11.5 Å². The van der Waals surface area contributed by atoms with Gasteiger partial charge in [-0.15, -0.1) is 0 Å². The van der Waals surface area contributed by atoms with Gasteiger partial charge in [-0.1, -0.05) is 23.7 Å². The minimum Gasteiger partial charge on any atom is -0.348 e. The highest BCUT2D eigenvalue weighted by Crippen LogP contribution is 2.38. The zero-order valence-electron chi connectivity index (χ0n) is 16.8. The van der Waals surface area contributed by atoms with Crippen LogP contribution in [0.4, 0.5) is 14.9 Å².